The molecule has 0 saturated heterocycles. The Hall–Kier alpha value is -1.92. The Kier molecular flexibility index (Phi) is 8.28. The second-order valence-electron chi connectivity index (χ2n) is 6.51. The van der Waals surface area contributed by atoms with Gasteiger partial charge in [-0.3, -0.25) is 0 Å². The summed E-state index contributed by atoms with van der Waals surface area (Å²) in [6.07, 6.45) is 0. The van der Waals surface area contributed by atoms with E-state index in [-0.39, 0.29) is 6.61 Å². The Morgan fingerprint density at radius 1 is 0.867 bits per heavy atom. The molecule has 1 N–H and O–H groups in total. The zero-order chi connectivity index (χ0) is 21.5. The molecule has 3 rings (SSSR count). The molecule has 0 aromatic heterocycles. The van der Waals surface area contributed by atoms with Gasteiger partial charge in [0.05, 0.1) is 18.7 Å². The fourth-order valence-corrected chi connectivity index (χ4v) is 4.13. The van der Waals surface area contributed by atoms with Gasteiger partial charge < -0.3 is 19.5 Å². The van der Waals surface area contributed by atoms with Gasteiger partial charge in [0.25, 0.3) is 0 Å². The van der Waals surface area contributed by atoms with E-state index in [9.17, 15) is 0 Å². The second-order valence-corrected chi connectivity index (χ2v) is 8.18. The molecule has 0 aliphatic carbocycles. The lowest BCUT2D eigenvalue weighted by Gasteiger charge is -2.16. The van der Waals surface area contributed by atoms with Crippen molar-refractivity contribution >= 4 is 39.1 Å². The lowest BCUT2D eigenvalue weighted by Crippen LogP contribution is -2.13. The lowest BCUT2D eigenvalue weighted by molar-refractivity contribution is 0.282. The monoisotopic (exact) mass is 509 g/mol. The van der Waals surface area contributed by atoms with Gasteiger partial charge in [-0.2, -0.15) is 0 Å². The minimum Gasteiger partial charge on any atom is -0.496 e. The summed E-state index contributed by atoms with van der Waals surface area (Å²) in [6, 6.07) is 17.3. The fraction of sp³-hybridized carbons (Fsp3) is 0.217. The number of para-hydroxylation sites is 1. The summed E-state index contributed by atoms with van der Waals surface area (Å²) in [5, 5.41) is 4.56. The van der Waals surface area contributed by atoms with Crippen LogP contribution in [-0.4, -0.2) is 14.2 Å². The number of hydrogen-bond acceptors (Lipinski definition) is 4. The molecule has 7 heteroatoms. The van der Waals surface area contributed by atoms with Crippen molar-refractivity contribution in [3.63, 3.8) is 0 Å². The summed E-state index contributed by atoms with van der Waals surface area (Å²) < 4.78 is 17.7. The molecule has 3 aromatic carbocycles. The maximum Gasteiger partial charge on any atom is 0.175 e. The van der Waals surface area contributed by atoms with Gasteiger partial charge in [0.2, 0.25) is 0 Å². The summed E-state index contributed by atoms with van der Waals surface area (Å²) >= 11 is 16.1. The normalized spacial score (nSPS) is 10.7. The molecule has 0 fully saturated rings. The highest BCUT2D eigenvalue weighted by Crippen LogP contribution is 2.38. The van der Waals surface area contributed by atoms with Crippen molar-refractivity contribution < 1.29 is 14.2 Å². The largest absolute Gasteiger partial charge is 0.496 e. The number of methoxy groups -OCH3 is 2. The molecular weight excluding hydrogens is 489 g/mol. The predicted octanol–water partition coefficient (Wildman–Crippen LogP) is 6.64. The van der Waals surface area contributed by atoms with E-state index in [2.05, 4.69) is 21.2 Å². The molecule has 4 nitrogen and oxygen atoms in total. The maximum absolute atomic E-state index is 6.24. The second kappa shape index (κ2) is 10.9. The zero-order valence-corrected chi connectivity index (χ0v) is 19.8. The van der Waals surface area contributed by atoms with Gasteiger partial charge in [0.1, 0.15) is 12.4 Å². The van der Waals surface area contributed by atoms with Crippen LogP contribution < -0.4 is 19.5 Å². The third-order valence-corrected chi connectivity index (χ3v) is 5.85. The van der Waals surface area contributed by atoms with Gasteiger partial charge in [-0.25, -0.2) is 0 Å². The standard InChI is InChI=1S/C23H22BrCl2NO3/c1-28-21-9-4-3-6-16(21)13-27-12-15-10-18(24)23(22(11-15)29-2)30-14-17-19(25)7-5-8-20(17)26/h3-11,27H,12-14H2,1-2H3. The van der Waals surface area contributed by atoms with Crippen LogP contribution in [0.4, 0.5) is 0 Å². The van der Waals surface area contributed by atoms with Crippen LogP contribution in [-0.2, 0) is 19.7 Å². The molecule has 0 amide bonds. The molecule has 0 heterocycles. The van der Waals surface area contributed by atoms with Gasteiger partial charge in [-0.15, -0.1) is 0 Å². The Balaban J connectivity index is 1.69. The van der Waals surface area contributed by atoms with Crippen LogP contribution in [0, 0.1) is 0 Å². The third-order valence-electron chi connectivity index (χ3n) is 4.55. The molecule has 0 aliphatic rings. The Labute approximate surface area is 195 Å². The van der Waals surface area contributed by atoms with Gasteiger partial charge in [-0.05, 0) is 51.8 Å². The van der Waals surface area contributed by atoms with Crippen LogP contribution in [0.15, 0.2) is 59.1 Å². The average Bonchev–Trinajstić information content (AvgIpc) is 2.74. The first-order valence-corrected chi connectivity index (χ1v) is 10.8. The van der Waals surface area contributed by atoms with Gasteiger partial charge in [0, 0.05) is 34.3 Å². The van der Waals surface area contributed by atoms with Crippen molar-refractivity contribution in [2.45, 2.75) is 19.7 Å². The van der Waals surface area contributed by atoms with E-state index >= 15 is 0 Å². The quantitative estimate of drug-likeness (QED) is 0.350. The summed E-state index contributed by atoms with van der Waals surface area (Å²) in [7, 11) is 3.29. The summed E-state index contributed by atoms with van der Waals surface area (Å²) in [4.78, 5) is 0. The van der Waals surface area contributed by atoms with Crippen molar-refractivity contribution in [3.05, 3.63) is 85.8 Å². The summed E-state index contributed by atoms with van der Waals surface area (Å²) in [5.41, 5.74) is 2.89. The number of ether oxygens (including phenoxy) is 3. The smallest absolute Gasteiger partial charge is 0.175 e. The fourth-order valence-electron chi connectivity index (χ4n) is 3.02. The minimum absolute atomic E-state index is 0.235. The van der Waals surface area contributed by atoms with E-state index in [1.54, 1.807) is 32.4 Å². The number of nitrogens with one attached hydrogen (secondary N) is 1. The third kappa shape index (κ3) is 5.61. The van der Waals surface area contributed by atoms with Gasteiger partial charge in [-0.1, -0.05) is 47.5 Å². The molecule has 0 saturated carbocycles. The number of halogens is 3. The highest BCUT2D eigenvalue weighted by molar-refractivity contribution is 9.10. The Morgan fingerprint density at radius 3 is 2.27 bits per heavy atom. The SMILES string of the molecule is COc1ccccc1CNCc1cc(Br)c(OCc2c(Cl)cccc2Cl)c(OC)c1. The first-order chi connectivity index (χ1) is 14.5. The van der Waals surface area contributed by atoms with Gasteiger partial charge >= 0.3 is 0 Å². The van der Waals surface area contributed by atoms with Crippen molar-refractivity contribution in [1.29, 1.82) is 0 Å². The van der Waals surface area contributed by atoms with Crippen LogP contribution in [0.1, 0.15) is 16.7 Å². The van der Waals surface area contributed by atoms with E-state index in [0.29, 0.717) is 34.6 Å². The topological polar surface area (TPSA) is 39.7 Å². The van der Waals surface area contributed by atoms with Crippen molar-refractivity contribution in [2.75, 3.05) is 14.2 Å². The summed E-state index contributed by atoms with van der Waals surface area (Å²) in [6.45, 7) is 1.58. The predicted molar refractivity (Wildman–Crippen MR) is 125 cm³/mol. The molecule has 30 heavy (non-hydrogen) atoms. The maximum atomic E-state index is 6.24. The van der Waals surface area contributed by atoms with E-state index in [1.165, 1.54) is 0 Å². The molecule has 0 unspecified atom stereocenters. The molecule has 0 aliphatic heterocycles. The van der Waals surface area contributed by atoms with Crippen LogP contribution in [0.3, 0.4) is 0 Å². The van der Waals surface area contributed by atoms with Crippen molar-refractivity contribution in [3.8, 4) is 17.2 Å². The zero-order valence-electron chi connectivity index (χ0n) is 16.7. The van der Waals surface area contributed by atoms with Crippen LogP contribution >= 0.6 is 39.1 Å². The first-order valence-electron chi connectivity index (χ1n) is 9.28. The molecule has 0 radical (unpaired) electrons. The number of benzene rings is 3. The summed E-state index contributed by atoms with van der Waals surface area (Å²) in [5.74, 6) is 2.09. The molecule has 0 atom stereocenters. The van der Waals surface area contributed by atoms with Crippen molar-refractivity contribution in [2.24, 2.45) is 0 Å². The molecule has 0 bridgehead atoms. The molecule has 0 spiro atoms. The highest BCUT2D eigenvalue weighted by Gasteiger charge is 2.14. The van der Waals surface area contributed by atoms with Crippen LogP contribution in [0.25, 0.3) is 0 Å². The van der Waals surface area contributed by atoms with Crippen molar-refractivity contribution in [1.82, 2.24) is 5.32 Å². The van der Waals surface area contributed by atoms with Gasteiger partial charge in [0.15, 0.2) is 11.5 Å². The average molecular weight is 511 g/mol. The van der Waals surface area contributed by atoms with E-state index in [4.69, 9.17) is 37.4 Å². The molecular formula is C23H22BrCl2NO3. The molecule has 3 aromatic rings. The Bertz CT molecular complexity index is 993. The highest BCUT2D eigenvalue weighted by atomic mass is 79.9. The number of rotatable bonds is 9. The van der Waals surface area contributed by atoms with E-state index in [0.717, 1.165) is 26.9 Å². The lowest BCUT2D eigenvalue weighted by atomic mass is 10.1. The minimum atomic E-state index is 0.235. The number of hydrogen-bond donors (Lipinski definition) is 1. The Morgan fingerprint density at radius 2 is 1.57 bits per heavy atom. The van der Waals surface area contributed by atoms with Crippen LogP contribution in [0.5, 0.6) is 17.2 Å². The first kappa shape index (κ1) is 22.8. The molecule has 158 valence electrons. The van der Waals surface area contributed by atoms with E-state index in [1.807, 2.05) is 36.4 Å². The van der Waals surface area contributed by atoms with Crippen LogP contribution in [0.2, 0.25) is 10.0 Å². The van der Waals surface area contributed by atoms with E-state index < -0.39 is 0 Å².